The zero-order valence-electron chi connectivity index (χ0n) is 14.9. The molecule has 2 aromatic carbocycles. The molecule has 1 aromatic heterocycles. The third kappa shape index (κ3) is 2.56. The predicted molar refractivity (Wildman–Crippen MR) is 102 cm³/mol. The third-order valence-electron chi connectivity index (χ3n) is 5.19. The number of likely N-dealkylation sites (tertiary alicyclic amines) is 1. The molecule has 1 spiro atoms. The Morgan fingerprint density at radius 1 is 1.14 bits per heavy atom. The molecule has 1 N–H and O–H groups in total. The van der Waals surface area contributed by atoms with E-state index in [2.05, 4.69) is 15.5 Å². The minimum atomic E-state index is -1.61. The molecular formula is C20H13ClN4O4. The van der Waals surface area contributed by atoms with Crippen molar-refractivity contribution in [1.82, 2.24) is 15.0 Å². The molecule has 3 aromatic rings. The predicted octanol–water partition coefficient (Wildman–Crippen LogP) is 2.54. The van der Waals surface area contributed by atoms with Crippen LogP contribution in [0.5, 0.6) is 0 Å². The number of nitrogens with one attached hydrogen (secondary N) is 1. The van der Waals surface area contributed by atoms with Crippen molar-refractivity contribution in [2.75, 3.05) is 5.32 Å². The fraction of sp³-hybridized carbons (Fsp3) is 0.150. The van der Waals surface area contributed by atoms with Gasteiger partial charge in [0.1, 0.15) is 0 Å². The Hall–Kier alpha value is -3.52. The number of hydrogen-bond donors (Lipinski definition) is 1. The number of aromatic nitrogens is 2. The van der Waals surface area contributed by atoms with Crippen molar-refractivity contribution < 1.29 is 18.9 Å². The highest BCUT2D eigenvalue weighted by molar-refractivity contribution is 6.32. The molecule has 9 heteroatoms. The second-order valence-electron chi connectivity index (χ2n) is 6.89. The van der Waals surface area contributed by atoms with E-state index in [0.29, 0.717) is 16.3 Å². The summed E-state index contributed by atoms with van der Waals surface area (Å²) in [6, 6.07) is 13.9. The lowest BCUT2D eigenvalue weighted by atomic mass is 9.80. The van der Waals surface area contributed by atoms with Gasteiger partial charge in [0.05, 0.1) is 13.0 Å². The lowest BCUT2D eigenvalue weighted by Gasteiger charge is -2.19. The Labute approximate surface area is 169 Å². The lowest BCUT2D eigenvalue weighted by molar-refractivity contribution is -0.142. The normalized spacial score (nSPS) is 20.4. The smallest absolute Gasteiger partial charge is 0.257 e. The molecule has 2 aliphatic rings. The van der Waals surface area contributed by atoms with E-state index in [4.69, 9.17) is 16.1 Å². The fourth-order valence-electron chi connectivity index (χ4n) is 3.78. The van der Waals surface area contributed by atoms with E-state index in [1.165, 1.54) is 0 Å². The molecule has 144 valence electrons. The average molecular weight is 409 g/mol. The van der Waals surface area contributed by atoms with Gasteiger partial charge in [-0.2, -0.15) is 4.98 Å². The monoisotopic (exact) mass is 408 g/mol. The van der Waals surface area contributed by atoms with Crippen LogP contribution in [0.2, 0.25) is 5.02 Å². The van der Waals surface area contributed by atoms with Crippen molar-refractivity contribution in [3.05, 3.63) is 64.9 Å². The molecule has 0 bridgehead atoms. The van der Waals surface area contributed by atoms with Gasteiger partial charge in [-0.05, 0) is 30.3 Å². The Kier molecular flexibility index (Phi) is 3.78. The molecule has 1 unspecified atom stereocenters. The highest BCUT2D eigenvalue weighted by atomic mass is 35.5. The number of halogens is 1. The van der Waals surface area contributed by atoms with Crippen LogP contribution >= 0.6 is 11.6 Å². The van der Waals surface area contributed by atoms with Crippen LogP contribution in [-0.2, 0) is 26.3 Å². The number of hydrogen-bond acceptors (Lipinski definition) is 6. The number of nitrogens with zero attached hydrogens (tertiary/aromatic N) is 3. The summed E-state index contributed by atoms with van der Waals surface area (Å²) >= 11 is 6.06. The summed E-state index contributed by atoms with van der Waals surface area (Å²) in [7, 11) is 0. The standard InChI is InChI=1S/C20H13ClN4O4/c21-12-6-7-14-13(8-12)20(18(27)22-14)9-16(26)25(19(20)28)10-15-23-17(29-24-15)11-4-2-1-3-5-11/h1-8H,9-10H2,(H,22,27). The summed E-state index contributed by atoms with van der Waals surface area (Å²) in [6.45, 7) is -0.182. The highest BCUT2D eigenvalue weighted by Crippen LogP contribution is 2.46. The number of benzene rings is 2. The van der Waals surface area contributed by atoms with Gasteiger partial charge >= 0.3 is 0 Å². The Morgan fingerprint density at radius 3 is 2.72 bits per heavy atom. The van der Waals surface area contributed by atoms with E-state index in [9.17, 15) is 14.4 Å². The molecule has 0 saturated carbocycles. The zero-order chi connectivity index (χ0) is 20.2. The number of carbonyl (C=O) groups excluding carboxylic acids is 3. The number of fused-ring (bicyclic) bond motifs is 2. The fourth-order valence-corrected chi connectivity index (χ4v) is 3.95. The molecular weight excluding hydrogens is 396 g/mol. The molecule has 1 saturated heterocycles. The molecule has 0 aliphatic carbocycles. The van der Waals surface area contributed by atoms with Gasteiger partial charge in [0.2, 0.25) is 17.7 Å². The molecule has 1 fully saturated rings. The first kappa shape index (κ1) is 17.6. The molecule has 3 amide bonds. The van der Waals surface area contributed by atoms with E-state index in [-0.39, 0.29) is 24.7 Å². The van der Waals surface area contributed by atoms with Gasteiger partial charge in [-0.15, -0.1) is 0 Å². The van der Waals surface area contributed by atoms with E-state index < -0.39 is 23.1 Å². The minimum Gasteiger partial charge on any atom is -0.334 e. The van der Waals surface area contributed by atoms with E-state index in [0.717, 1.165) is 10.5 Å². The quantitative estimate of drug-likeness (QED) is 0.527. The Balaban J connectivity index is 1.46. The summed E-state index contributed by atoms with van der Waals surface area (Å²) in [6.07, 6.45) is -0.269. The molecule has 3 heterocycles. The minimum absolute atomic E-state index is 0.173. The van der Waals surface area contributed by atoms with Crippen LogP contribution in [0.3, 0.4) is 0 Å². The average Bonchev–Trinajstić information content (AvgIpc) is 3.36. The first-order valence-corrected chi connectivity index (χ1v) is 9.21. The SMILES string of the molecule is O=C1CC2(C(=O)Nc3ccc(Cl)cc32)C(=O)N1Cc1noc(-c2ccccc2)n1. The largest absolute Gasteiger partial charge is 0.334 e. The summed E-state index contributed by atoms with van der Waals surface area (Å²) in [4.78, 5) is 43.9. The van der Waals surface area contributed by atoms with Crippen LogP contribution in [0.15, 0.2) is 53.1 Å². The second-order valence-corrected chi connectivity index (χ2v) is 7.33. The van der Waals surface area contributed by atoms with Crippen LogP contribution < -0.4 is 5.32 Å². The summed E-state index contributed by atoms with van der Waals surface area (Å²) in [5.74, 6) is -1.18. The van der Waals surface area contributed by atoms with Crippen LogP contribution in [-0.4, -0.2) is 32.8 Å². The van der Waals surface area contributed by atoms with Crippen molar-refractivity contribution in [3.63, 3.8) is 0 Å². The molecule has 8 nitrogen and oxygen atoms in total. The number of carbonyl (C=O) groups is 3. The molecule has 29 heavy (non-hydrogen) atoms. The Morgan fingerprint density at radius 2 is 1.93 bits per heavy atom. The molecule has 0 radical (unpaired) electrons. The van der Waals surface area contributed by atoms with Gasteiger partial charge < -0.3 is 9.84 Å². The van der Waals surface area contributed by atoms with Gasteiger partial charge in [0, 0.05) is 21.8 Å². The first-order valence-electron chi connectivity index (χ1n) is 8.83. The summed E-state index contributed by atoms with van der Waals surface area (Å²) in [5, 5.41) is 6.91. The number of amides is 3. The van der Waals surface area contributed by atoms with Gasteiger partial charge in [-0.3, -0.25) is 19.3 Å². The van der Waals surface area contributed by atoms with Crippen LogP contribution in [0.4, 0.5) is 5.69 Å². The van der Waals surface area contributed by atoms with Crippen LogP contribution in [0.25, 0.3) is 11.5 Å². The maximum absolute atomic E-state index is 13.2. The van der Waals surface area contributed by atoms with Crippen molar-refractivity contribution >= 4 is 35.0 Å². The topological polar surface area (TPSA) is 105 Å². The number of imide groups is 1. The summed E-state index contributed by atoms with van der Waals surface area (Å²) in [5.41, 5.74) is 0.00588. The zero-order valence-corrected chi connectivity index (χ0v) is 15.6. The summed E-state index contributed by atoms with van der Waals surface area (Å²) < 4.78 is 5.23. The van der Waals surface area contributed by atoms with Gasteiger partial charge in [-0.25, -0.2) is 0 Å². The molecule has 5 rings (SSSR count). The number of anilines is 1. The van der Waals surface area contributed by atoms with Crippen LogP contribution in [0, 0.1) is 0 Å². The number of rotatable bonds is 3. The van der Waals surface area contributed by atoms with Gasteiger partial charge in [-0.1, -0.05) is 35.0 Å². The first-order chi connectivity index (χ1) is 14.0. The van der Waals surface area contributed by atoms with Crippen molar-refractivity contribution in [3.8, 4) is 11.5 Å². The van der Waals surface area contributed by atoms with E-state index in [1.807, 2.05) is 30.3 Å². The highest BCUT2D eigenvalue weighted by Gasteiger charge is 2.61. The van der Waals surface area contributed by atoms with Gasteiger partial charge in [0.25, 0.3) is 5.89 Å². The maximum Gasteiger partial charge on any atom is 0.257 e. The molecule has 2 aliphatic heterocycles. The third-order valence-corrected chi connectivity index (χ3v) is 5.43. The van der Waals surface area contributed by atoms with Crippen LogP contribution in [0.1, 0.15) is 17.8 Å². The van der Waals surface area contributed by atoms with Crippen molar-refractivity contribution in [1.29, 1.82) is 0 Å². The van der Waals surface area contributed by atoms with E-state index >= 15 is 0 Å². The van der Waals surface area contributed by atoms with Gasteiger partial charge in [0.15, 0.2) is 11.2 Å². The maximum atomic E-state index is 13.2. The Bertz CT molecular complexity index is 1180. The van der Waals surface area contributed by atoms with Crippen molar-refractivity contribution in [2.24, 2.45) is 0 Å². The van der Waals surface area contributed by atoms with Crippen molar-refractivity contribution in [2.45, 2.75) is 18.4 Å². The molecule has 1 atom stereocenters. The lowest BCUT2D eigenvalue weighted by Crippen LogP contribution is -2.43. The van der Waals surface area contributed by atoms with E-state index in [1.54, 1.807) is 18.2 Å². The second kappa shape index (κ2) is 6.25.